The summed E-state index contributed by atoms with van der Waals surface area (Å²) in [6, 6.07) is 8.24. The van der Waals surface area contributed by atoms with E-state index in [2.05, 4.69) is 11.1 Å². The van der Waals surface area contributed by atoms with Crippen LogP contribution in [-0.4, -0.2) is 4.98 Å². The molecule has 1 atom stereocenters. The summed E-state index contributed by atoms with van der Waals surface area (Å²) in [6.45, 7) is 0. The lowest BCUT2D eigenvalue weighted by atomic mass is 9.82. The topological polar surface area (TPSA) is 36.7 Å². The number of hydrogen-bond acceptors (Lipinski definition) is 2. The second-order valence-corrected chi connectivity index (χ2v) is 4.68. The third-order valence-electron chi connectivity index (χ3n) is 3.49. The van der Waals surface area contributed by atoms with E-state index in [4.69, 9.17) is 0 Å². The smallest absolute Gasteiger partial charge is 0.0887 e. The number of rotatable bonds is 3. The first-order chi connectivity index (χ1) is 7.90. The monoisotopic (exact) mass is 214 g/mol. The van der Waals surface area contributed by atoms with Crippen LogP contribution in [0.25, 0.3) is 0 Å². The van der Waals surface area contributed by atoms with Gasteiger partial charge in [0.05, 0.1) is 17.7 Å². The Bertz CT molecular complexity index is 347. The molecule has 0 N–H and O–H groups in total. The summed E-state index contributed by atoms with van der Waals surface area (Å²) in [4.78, 5) is 4.29. The maximum absolute atomic E-state index is 9.22. The lowest BCUT2D eigenvalue weighted by Crippen LogP contribution is -2.11. The molecular weight excluding hydrogens is 196 g/mol. The van der Waals surface area contributed by atoms with E-state index in [-0.39, 0.29) is 5.92 Å². The van der Waals surface area contributed by atoms with Gasteiger partial charge in [0.1, 0.15) is 0 Å². The van der Waals surface area contributed by atoms with Crippen LogP contribution in [-0.2, 0) is 0 Å². The molecule has 1 aromatic rings. The van der Waals surface area contributed by atoms with Crippen molar-refractivity contribution in [2.75, 3.05) is 0 Å². The Morgan fingerprint density at radius 2 is 2.12 bits per heavy atom. The highest BCUT2D eigenvalue weighted by atomic mass is 14.7. The molecule has 0 aromatic carbocycles. The molecule has 2 nitrogen and oxygen atoms in total. The molecule has 1 heterocycles. The van der Waals surface area contributed by atoms with Crippen LogP contribution < -0.4 is 0 Å². The fraction of sp³-hybridized carbons (Fsp3) is 0.571. The molecule has 2 heteroatoms. The SMILES string of the molecule is N#C[C@@H](CC1CCCCC1)c1ccccn1. The second-order valence-electron chi connectivity index (χ2n) is 4.68. The summed E-state index contributed by atoms with van der Waals surface area (Å²) in [7, 11) is 0. The maximum Gasteiger partial charge on any atom is 0.0887 e. The molecule has 0 aliphatic heterocycles. The van der Waals surface area contributed by atoms with Gasteiger partial charge in [0.2, 0.25) is 0 Å². The van der Waals surface area contributed by atoms with Crippen molar-refractivity contribution in [2.24, 2.45) is 5.92 Å². The van der Waals surface area contributed by atoms with Crippen LogP contribution in [0.2, 0.25) is 0 Å². The van der Waals surface area contributed by atoms with E-state index < -0.39 is 0 Å². The van der Waals surface area contributed by atoms with Crippen molar-refractivity contribution in [3.63, 3.8) is 0 Å². The Morgan fingerprint density at radius 1 is 1.31 bits per heavy atom. The summed E-state index contributed by atoms with van der Waals surface area (Å²) < 4.78 is 0. The summed E-state index contributed by atoms with van der Waals surface area (Å²) in [6.07, 6.45) is 9.41. The lowest BCUT2D eigenvalue weighted by molar-refractivity contribution is 0.330. The zero-order chi connectivity index (χ0) is 11.2. The third kappa shape index (κ3) is 2.82. The van der Waals surface area contributed by atoms with E-state index in [9.17, 15) is 5.26 Å². The van der Waals surface area contributed by atoms with Crippen LogP contribution in [0, 0.1) is 17.2 Å². The highest BCUT2D eigenvalue weighted by molar-refractivity contribution is 5.16. The van der Waals surface area contributed by atoms with Gasteiger partial charge >= 0.3 is 0 Å². The molecule has 1 saturated carbocycles. The van der Waals surface area contributed by atoms with Crippen molar-refractivity contribution in [3.8, 4) is 6.07 Å². The first kappa shape index (κ1) is 11.1. The van der Waals surface area contributed by atoms with Crippen molar-refractivity contribution >= 4 is 0 Å². The van der Waals surface area contributed by atoms with E-state index in [1.54, 1.807) is 6.20 Å². The van der Waals surface area contributed by atoms with Crippen LogP contribution in [0.1, 0.15) is 50.1 Å². The highest BCUT2D eigenvalue weighted by Crippen LogP contribution is 2.31. The van der Waals surface area contributed by atoms with Crippen molar-refractivity contribution in [2.45, 2.75) is 44.4 Å². The molecule has 84 valence electrons. The van der Waals surface area contributed by atoms with Crippen LogP contribution in [0.5, 0.6) is 0 Å². The number of nitriles is 1. The molecule has 0 unspecified atom stereocenters. The Balaban J connectivity index is 1.98. The number of aromatic nitrogens is 1. The Hall–Kier alpha value is -1.36. The molecule has 16 heavy (non-hydrogen) atoms. The Kier molecular flexibility index (Phi) is 3.93. The Labute approximate surface area is 97.3 Å². The normalized spacial score (nSPS) is 18.9. The minimum Gasteiger partial charge on any atom is -0.260 e. The number of nitrogens with zero attached hydrogens (tertiary/aromatic N) is 2. The van der Waals surface area contributed by atoms with E-state index in [1.165, 1.54) is 32.1 Å². The average molecular weight is 214 g/mol. The van der Waals surface area contributed by atoms with E-state index >= 15 is 0 Å². The summed E-state index contributed by atoms with van der Waals surface area (Å²) in [5.41, 5.74) is 0.940. The number of hydrogen-bond donors (Lipinski definition) is 0. The van der Waals surface area contributed by atoms with Gasteiger partial charge in [0.15, 0.2) is 0 Å². The molecule has 0 radical (unpaired) electrons. The minimum atomic E-state index is -0.00991. The summed E-state index contributed by atoms with van der Waals surface area (Å²) in [5, 5.41) is 9.22. The average Bonchev–Trinajstić information content (AvgIpc) is 2.38. The van der Waals surface area contributed by atoms with Crippen molar-refractivity contribution in [1.82, 2.24) is 4.98 Å². The zero-order valence-corrected chi connectivity index (χ0v) is 9.60. The van der Waals surface area contributed by atoms with Crippen LogP contribution in [0.3, 0.4) is 0 Å². The quantitative estimate of drug-likeness (QED) is 0.770. The molecule has 0 saturated heterocycles. The van der Waals surface area contributed by atoms with Gasteiger partial charge in [-0.15, -0.1) is 0 Å². The summed E-state index contributed by atoms with van der Waals surface area (Å²) in [5.74, 6) is 0.727. The third-order valence-corrected chi connectivity index (χ3v) is 3.49. The largest absolute Gasteiger partial charge is 0.260 e. The minimum absolute atomic E-state index is 0.00991. The van der Waals surface area contributed by atoms with Gasteiger partial charge < -0.3 is 0 Å². The molecule has 1 aliphatic rings. The van der Waals surface area contributed by atoms with Gasteiger partial charge in [-0.05, 0) is 24.5 Å². The molecule has 1 aliphatic carbocycles. The Morgan fingerprint density at radius 3 is 2.75 bits per heavy atom. The standard InChI is InChI=1S/C14H18N2/c15-11-13(14-8-4-5-9-16-14)10-12-6-2-1-3-7-12/h4-5,8-9,12-13H,1-3,6-7,10H2/t13-/m1/s1. The molecule has 1 aromatic heterocycles. The predicted molar refractivity (Wildman–Crippen MR) is 63.8 cm³/mol. The molecule has 0 bridgehead atoms. The first-order valence-electron chi connectivity index (χ1n) is 6.20. The van der Waals surface area contributed by atoms with Crippen molar-refractivity contribution < 1.29 is 0 Å². The molecule has 0 amide bonds. The van der Waals surface area contributed by atoms with E-state index in [0.717, 1.165) is 18.0 Å². The number of pyridine rings is 1. The van der Waals surface area contributed by atoms with E-state index in [0.29, 0.717) is 0 Å². The summed E-state index contributed by atoms with van der Waals surface area (Å²) >= 11 is 0. The van der Waals surface area contributed by atoms with Gasteiger partial charge in [-0.2, -0.15) is 5.26 Å². The second kappa shape index (κ2) is 5.65. The van der Waals surface area contributed by atoms with Crippen molar-refractivity contribution in [1.29, 1.82) is 5.26 Å². The highest BCUT2D eigenvalue weighted by Gasteiger charge is 2.20. The molecular formula is C14H18N2. The van der Waals surface area contributed by atoms with Gasteiger partial charge in [0, 0.05) is 6.20 Å². The van der Waals surface area contributed by atoms with Gasteiger partial charge in [0.25, 0.3) is 0 Å². The zero-order valence-electron chi connectivity index (χ0n) is 9.60. The molecule has 0 spiro atoms. The van der Waals surface area contributed by atoms with Crippen LogP contribution in [0.4, 0.5) is 0 Å². The first-order valence-corrected chi connectivity index (χ1v) is 6.20. The van der Waals surface area contributed by atoms with Crippen molar-refractivity contribution in [3.05, 3.63) is 30.1 Å². The fourth-order valence-electron chi connectivity index (χ4n) is 2.58. The predicted octanol–water partition coefficient (Wildman–Crippen LogP) is 3.66. The molecule has 1 fully saturated rings. The van der Waals surface area contributed by atoms with Gasteiger partial charge in [-0.1, -0.05) is 38.2 Å². The van der Waals surface area contributed by atoms with Crippen LogP contribution in [0.15, 0.2) is 24.4 Å². The molecule has 2 rings (SSSR count). The fourth-order valence-corrected chi connectivity index (χ4v) is 2.58. The van der Waals surface area contributed by atoms with Gasteiger partial charge in [-0.3, -0.25) is 4.98 Å². The van der Waals surface area contributed by atoms with E-state index in [1.807, 2.05) is 18.2 Å². The maximum atomic E-state index is 9.22. The van der Waals surface area contributed by atoms with Gasteiger partial charge in [-0.25, -0.2) is 0 Å². The lowest BCUT2D eigenvalue weighted by Gasteiger charge is -2.23. The van der Waals surface area contributed by atoms with Crippen LogP contribution >= 0.6 is 0 Å².